The maximum absolute atomic E-state index is 12.6. The van der Waals surface area contributed by atoms with Crippen molar-refractivity contribution in [3.05, 3.63) is 76.6 Å². The molecule has 4 aromatic rings. The van der Waals surface area contributed by atoms with Gasteiger partial charge in [-0.05, 0) is 37.3 Å². The van der Waals surface area contributed by atoms with E-state index in [-0.39, 0.29) is 5.57 Å². The number of anilines is 1. The minimum atomic E-state index is -0.547. The average Bonchev–Trinajstić information content (AvgIpc) is 3.26. The van der Waals surface area contributed by atoms with Crippen molar-refractivity contribution < 1.29 is 4.79 Å². The lowest BCUT2D eigenvalue weighted by Gasteiger charge is -2.02. The molecule has 2 aromatic heterocycles. The van der Waals surface area contributed by atoms with E-state index >= 15 is 0 Å². The molecule has 1 amide bonds. The van der Waals surface area contributed by atoms with Crippen molar-refractivity contribution in [1.29, 1.82) is 5.26 Å². The summed E-state index contributed by atoms with van der Waals surface area (Å²) in [7, 11) is 0. The fourth-order valence-corrected chi connectivity index (χ4v) is 3.99. The number of carbonyl (C=O) groups is 1. The van der Waals surface area contributed by atoms with Crippen LogP contribution in [0.3, 0.4) is 0 Å². The van der Waals surface area contributed by atoms with Gasteiger partial charge in [-0.3, -0.25) is 10.1 Å². The molecule has 0 aliphatic rings. The van der Waals surface area contributed by atoms with Crippen molar-refractivity contribution in [3.8, 4) is 11.8 Å². The molecule has 0 unspecified atom stereocenters. The van der Waals surface area contributed by atoms with Crippen LogP contribution < -0.4 is 5.32 Å². The van der Waals surface area contributed by atoms with Crippen LogP contribution >= 0.6 is 22.9 Å². The predicted molar refractivity (Wildman–Crippen MR) is 115 cm³/mol. The fourth-order valence-electron chi connectivity index (χ4n) is 2.80. The Hall–Kier alpha value is -3.47. The summed E-state index contributed by atoms with van der Waals surface area (Å²) in [4.78, 5) is 17.0. The van der Waals surface area contributed by atoms with Gasteiger partial charge in [0.1, 0.15) is 16.8 Å². The Kier molecular flexibility index (Phi) is 5.12. The van der Waals surface area contributed by atoms with Crippen molar-refractivity contribution in [2.75, 3.05) is 5.32 Å². The number of benzene rings is 2. The van der Waals surface area contributed by atoms with E-state index in [0.29, 0.717) is 21.5 Å². The molecule has 0 bridgehead atoms. The number of halogens is 1. The predicted octanol–water partition coefficient (Wildman–Crippen LogP) is 4.99. The van der Waals surface area contributed by atoms with E-state index in [4.69, 9.17) is 11.6 Å². The van der Waals surface area contributed by atoms with Crippen molar-refractivity contribution in [2.45, 2.75) is 6.92 Å². The molecule has 0 saturated carbocycles. The third-order valence-electron chi connectivity index (χ3n) is 4.22. The SMILES string of the molecule is Cc1nn(-c2ccccc2)c(Cl)c1C=C(C#N)C(=O)Nc1nc2ccccc2s1. The Balaban J connectivity index is 1.64. The molecule has 1 N–H and O–H groups in total. The molecule has 8 heteroatoms. The van der Waals surface area contributed by atoms with Gasteiger partial charge in [-0.2, -0.15) is 10.4 Å². The second kappa shape index (κ2) is 7.87. The molecule has 0 spiro atoms. The van der Waals surface area contributed by atoms with Gasteiger partial charge in [-0.1, -0.05) is 53.3 Å². The summed E-state index contributed by atoms with van der Waals surface area (Å²) in [5, 5.41) is 17.4. The molecule has 0 atom stereocenters. The van der Waals surface area contributed by atoms with Gasteiger partial charge in [-0.25, -0.2) is 9.67 Å². The van der Waals surface area contributed by atoms with E-state index in [2.05, 4.69) is 15.4 Å². The lowest BCUT2D eigenvalue weighted by atomic mass is 10.1. The quantitative estimate of drug-likeness (QED) is 0.373. The van der Waals surface area contributed by atoms with Gasteiger partial charge in [0.2, 0.25) is 0 Å². The van der Waals surface area contributed by atoms with Crippen LogP contribution in [0, 0.1) is 18.3 Å². The molecule has 4 rings (SSSR count). The second-order valence-electron chi connectivity index (χ2n) is 6.15. The molecule has 0 saturated heterocycles. The highest BCUT2D eigenvalue weighted by molar-refractivity contribution is 7.22. The minimum Gasteiger partial charge on any atom is -0.297 e. The maximum atomic E-state index is 12.6. The van der Waals surface area contributed by atoms with Crippen molar-refractivity contribution in [1.82, 2.24) is 14.8 Å². The molecular weight excluding hydrogens is 406 g/mol. The molecule has 29 heavy (non-hydrogen) atoms. The summed E-state index contributed by atoms with van der Waals surface area (Å²) in [6.07, 6.45) is 1.45. The minimum absolute atomic E-state index is 0.0816. The van der Waals surface area contributed by atoms with E-state index in [1.165, 1.54) is 17.4 Å². The smallest absolute Gasteiger partial charge is 0.268 e. The van der Waals surface area contributed by atoms with Crippen molar-refractivity contribution in [3.63, 3.8) is 0 Å². The van der Waals surface area contributed by atoms with Gasteiger partial charge in [0.05, 0.1) is 21.6 Å². The van der Waals surface area contributed by atoms with Crippen LogP contribution in [0.4, 0.5) is 5.13 Å². The van der Waals surface area contributed by atoms with Gasteiger partial charge >= 0.3 is 0 Å². The van der Waals surface area contributed by atoms with Crippen LogP contribution in [-0.4, -0.2) is 20.7 Å². The number of thiazole rings is 1. The van der Waals surface area contributed by atoms with E-state index in [9.17, 15) is 10.1 Å². The lowest BCUT2D eigenvalue weighted by Crippen LogP contribution is -2.13. The van der Waals surface area contributed by atoms with Crippen molar-refractivity contribution >= 4 is 50.3 Å². The normalized spacial score (nSPS) is 11.4. The maximum Gasteiger partial charge on any atom is 0.268 e. The molecule has 0 fully saturated rings. The van der Waals surface area contributed by atoms with Crippen molar-refractivity contribution in [2.24, 2.45) is 0 Å². The van der Waals surface area contributed by atoms with E-state index < -0.39 is 5.91 Å². The largest absolute Gasteiger partial charge is 0.297 e. The summed E-state index contributed by atoms with van der Waals surface area (Å²) in [5.74, 6) is -0.547. The molecular formula is C21H14ClN5OS. The second-order valence-corrected chi connectivity index (χ2v) is 7.54. The zero-order chi connectivity index (χ0) is 20.4. The number of rotatable bonds is 4. The van der Waals surface area contributed by atoms with Gasteiger partial charge in [0.15, 0.2) is 5.13 Å². The zero-order valence-corrected chi connectivity index (χ0v) is 16.8. The highest BCUT2D eigenvalue weighted by atomic mass is 35.5. The van der Waals surface area contributed by atoms with Gasteiger partial charge in [0.25, 0.3) is 5.91 Å². The van der Waals surface area contributed by atoms with Crippen LogP contribution in [0.15, 0.2) is 60.2 Å². The number of aromatic nitrogens is 3. The summed E-state index contributed by atoms with van der Waals surface area (Å²) in [6.45, 7) is 1.78. The van der Waals surface area contributed by atoms with E-state index in [1.807, 2.05) is 60.7 Å². The van der Waals surface area contributed by atoms with Crippen LogP contribution in [-0.2, 0) is 4.79 Å². The molecule has 6 nitrogen and oxygen atoms in total. The summed E-state index contributed by atoms with van der Waals surface area (Å²) < 4.78 is 2.52. The molecule has 2 heterocycles. The number of nitrogens with one attached hydrogen (secondary N) is 1. The van der Waals surface area contributed by atoms with Gasteiger partial charge < -0.3 is 0 Å². The average molecular weight is 420 g/mol. The number of hydrogen-bond acceptors (Lipinski definition) is 5. The topological polar surface area (TPSA) is 83.6 Å². The van der Waals surface area contributed by atoms with Crippen LogP contribution in [0.1, 0.15) is 11.3 Å². The molecule has 0 aliphatic carbocycles. The third-order valence-corrected chi connectivity index (χ3v) is 5.53. The number of carbonyl (C=O) groups excluding carboxylic acids is 1. The van der Waals surface area contributed by atoms with Gasteiger partial charge in [-0.15, -0.1) is 0 Å². The molecule has 0 radical (unpaired) electrons. The summed E-state index contributed by atoms with van der Waals surface area (Å²) in [5.41, 5.74) is 2.63. The Morgan fingerprint density at radius 3 is 2.66 bits per heavy atom. The Morgan fingerprint density at radius 1 is 1.21 bits per heavy atom. The van der Waals surface area contributed by atoms with Crippen LogP contribution in [0.2, 0.25) is 5.15 Å². The number of amides is 1. The lowest BCUT2D eigenvalue weighted by molar-refractivity contribution is -0.112. The Bertz CT molecular complexity index is 1250. The summed E-state index contributed by atoms with van der Waals surface area (Å²) >= 11 is 7.83. The Labute approximate surface area is 175 Å². The first-order valence-corrected chi connectivity index (χ1v) is 9.85. The number of para-hydroxylation sites is 2. The van der Waals surface area contributed by atoms with E-state index in [0.717, 1.165) is 15.9 Å². The highest BCUT2D eigenvalue weighted by Gasteiger charge is 2.17. The zero-order valence-electron chi connectivity index (χ0n) is 15.3. The summed E-state index contributed by atoms with van der Waals surface area (Å²) in [6, 6.07) is 18.9. The van der Waals surface area contributed by atoms with E-state index in [1.54, 1.807) is 11.6 Å². The number of aryl methyl sites for hydroxylation is 1. The molecule has 0 aliphatic heterocycles. The van der Waals surface area contributed by atoms with Gasteiger partial charge in [0, 0.05) is 5.56 Å². The number of hydrogen-bond donors (Lipinski definition) is 1. The number of nitriles is 1. The third kappa shape index (κ3) is 3.76. The first-order chi connectivity index (χ1) is 14.1. The Morgan fingerprint density at radius 2 is 1.93 bits per heavy atom. The highest BCUT2D eigenvalue weighted by Crippen LogP contribution is 2.28. The number of nitrogens with zero attached hydrogens (tertiary/aromatic N) is 4. The first kappa shape index (κ1) is 18.9. The standard InChI is InChI=1S/C21H14ClN5OS/c1-13-16(19(22)27(26-13)15-7-3-2-4-8-15)11-14(12-23)20(28)25-21-24-17-9-5-6-10-18(17)29-21/h2-11H,1H3,(H,24,25,28). The monoisotopic (exact) mass is 419 g/mol. The number of fused-ring (bicyclic) bond motifs is 1. The van der Waals surface area contributed by atoms with Crippen LogP contribution in [0.5, 0.6) is 0 Å². The fraction of sp³-hybridized carbons (Fsp3) is 0.0476. The molecule has 142 valence electrons. The van der Waals surface area contributed by atoms with Crippen LogP contribution in [0.25, 0.3) is 22.0 Å². The first-order valence-electron chi connectivity index (χ1n) is 8.66. The molecule has 2 aromatic carbocycles.